The molecule has 1 N–H and O–H groups in total. The second kappa shape index (κ2) is 7.03. The zero-order valence-corrected chi connectivity index (χ0v) is 11.7. The van der Waals surface area contributed by atoms with Gasteiger partial charge in [-0.25, -0.2) is 4.79 Å². The number of alkyl halides is 3. The molecule has 1 aromatic carbocycles. The minimum Gasteiger partial charge on any atom is -0.493 e. The Balaban J connectivity index is 1.93. The number of esters is 1. The summed E-state index contributed by atoms with van der Waals surface area (Å²) in [6.07, 6.45) is -3.57. The van der Waals surface area contributed by atoms with Crippen molar-refractivity contribution in [3.05, 3.63) is 41.9 Å². The number of hydrogen-bond acceptors (Lipinski definition) is 5. The number of hydrogen-bond donors (Lipinski definition) is 1. The summed E-state index contributed by atoms with van der Waals surface area (Å²) in [6.45, 7) is -0.316. The van der Waals surface area contributed by atoms with E-state index in [1.807, 2.05) is 5.32 Å². The Bertz CT molecular complexity index is 627. The Labute approximate surface area is 128 Å². The maximum atomic E-state index is 12.8. The number of benzene rings is 1. The molecule has 9 heteroatoms. The normalized spacial score (nSPS) is 14.1. The van der Waals surface area contributed by atoms with E-state index in [-0.39, 0.29) is 19.0 Å². The highest BCUT2D eigenvalue weighted by Crippen LogP contribution is 2.34. The molecule has 0 aliphatic carbocycles. The fourth-order valence-corrected chi connectivity index (χ4v) is 1.70. The average molecular weight is 331 g/mol. The van der Waals surface area contributed by atoms with Crippen LogP contribution in [0.5, 0.6) is 0 Å². The third-order valence-corrected chi connectivity index (χ3v) is 2.69. The Kier molecular flexibility index (Phi) is 5.09. The average Bonchev–Trinajstić information content (AvgIpc) is 2.53. The highest BCUT2D eigenvalue weighted by molar-refractivity contribution is 5.95. The van der Waals surface area contributed by atoms with Crippen molar-refractivity contribution in [2.45, 2.75) is 6.18 Å². The first-order valence-electron chi connectivity index (χ1n) is 6.45. The molecule has 0 spiro atoms. The van der Waals surface area contributed by atoms with Crippen LogP contribution >= 0.6 is 0 Å². The van der Waals surface area contributed by atoms with Crippen LogP contribution in [0.4, 0.5) is 18.9 Å². The van der Waals surface area contributed by atoms with Gasteiger partial charge in [-0.15, -0.1) is 0 Å². The number of nitrogens with one attached hydrogen (secondary N) is 1. The van der Waals surface area contributed by atoms with Crippen molar-refractivity contribution in [2.24, 2.45) is 0 Å². The van der Waals surface area contributed by atoms with Gasteiger partial charge in [0.25, 0.3) is 5.91 Å². The maximum Gasteiger partial charge on any atom is 0.418 e. The molecule has 0 fully saturated rings. The minimum atomic E-state index is -4.61. The molecule has 23 heavy (non-hydrogen) atoms. The van der Waals surface area contributed by atoms with Gasteiger partial charge in [0.15, 0.2) is 6.61 Å². The van der Waals surface area contributed by atoms with Crippen LogP contribution in [0.3, 0.4) is 0 Å². The molecule has 6 nitrogen and oxygen atoms in total. The number of amides is 1. The van der Waals surface area contributed by atoms with Crippen LogP contribution < -0.4 is 5.32 Å². The summed E-state index contributed by atoms with van der Waals surface area (Å²) >= 11 is 0. The van der Waals surface area contributed by atoms with E-state index in [4.69, 9.17) is 9.47 Å². The van der Waals surface area contributed by atoms with Crippen molar-refractivity contribution in [1.82, 2.24) is 0 Å². The Morgan fingerprint density at radius 2 is 1.96 bits per heavy atom. The van der Waals surface area contributed by atoms with Crippen molar-refractivity contribution in [3.8, 4) is 0 Å². The van der Waals surface area contributed by atoms with E-state index < -0.39 is 35.9 Å². The number of carbonyl (C=O) groups is 2. The molecule has 0 saturated heterocycles. The third-order valence-electron chi connectivity index (χ3n) is 2.69. The molecular weight excluding hydrogens is 319 g/mol. The molecule has 1 aromatic rings. The minimum absolute atomic E-state index is 0.159. The van der Waals surface area contributed by atoms with Gasteiger partial charge >= 0.3 is 12.1 Å². The topological polar surface area (TPSA) is 73.9 Å². The van der Waals surface area contributed by atoms with E-state index >= 15 is 0 Å². The standard InChI is InChI=1S/C14H12F3NO5/c15-14(16,17)9-3-1-2-4-10(9)18-12(19)8-23-13(20)11-7-21-5-6-22-11/h1-4,7H,5-6,8H2,(H,18,19). The lowest BCUT2D eigenvalue weighted by molar-refractivity contribution is -0.148. The molecule has 1 heterocycles. The van der Waals surface area contributed by atoms with Crippen LogP contribution in [0.15, 0.2) is 36.3 Å². The van der Waals surface area contributed by atoms with Gasteiger partial charge in [-0.05, 0) is 12.1 Å². The molecule has 0 atom stereocenters. The lowest BCUT2D eigenvalue weighted by atomic mass is 10.1. The summed E-state index contributed by atoms with van der Waals surface area (Å²) in [5, 5.41) is 2.05. The quantitative estimate of drug-likeness (QED) is 0.855. The fourth-order valence-electron chi connectivity index (χ4n) is 1.70. The van der Waals surface area contributed by atoms with Crippen molar-refractivity contribution in [3.63, 3.8) is 0 Å². The predicted molar refractivity (Wildman–Crippen MR) is 71.0 cm³/mol. The first kappa shape index (κ1) is 16.7. The van der Waals surface area contributed by atoms with Gasteiger partial charge in [0.2, 0.25) is 5.76 Å². The number of anilines is 1. The second-order valence-corrected chi connectivity index (χ2v) is 4.37. The summed E-state index contributed by atoms with van der Waals surface area (Å²) in [5.41, 5.74) is -1.41. The van der Waals surface area contributed by atoms with Gasteiger partial charge in [0, 0.05) is 0 Å². The maximum absolute atomic E-state index is 12.8. The zero-order valence-electron chi connectivity index (χ0n) is 11.7. The highest BCUT2D eigenvalue weighted by Gasteiger charge is 2.33. The fraction of sp³-hybridized carbons (Fsp3) is 0.286. The van der Waals surface area contributed by atoms with E-state index in [9.17, 15) is 22.8 Å². The van der Waals surface area contributed by atoms with Gasteiger partial charge in [0.05, 0.1) is 11.3 Å². The Morgan fingerprint density at radius 3 is 2.61 bits per heavy atom. The van der Waals surface area contributed by atoms with Crippen molar-refractivity contribution in [1.29, 1.82) is 0 Å². The molecule has 0 unspecified atom stereocenters. The van der Waals surface area contributed by atoms with Gasteiger partial charge in [-0.3, -0.25) is 4.79 Å². The van der Waals surface area contributed by atoms with Crippen LogP contribution in [0.25, 0.3) is 0 Å². The summed E-state index contributed by atoms with van der Waals surface area (Å²) in [7, 11) is 0. The van der Waals surface area contributed by atoms with E-state index in [0.29, 0.717) is 0 Å². The molecule has 124 valence electrons. The predicted octanol–water partition coefficient (Wildman–Crippen LogP) is 2.08. The van der Waals surface area contributed by atoms with Crippen molar-refractivity contribution < 1.29 is 37.0 Å². The first-order chi connectivity index (χ1) is 10.9. The van der Waals surface area contributed by atoms with E-state index in [1.54, 1.807) is 0 Å². The SMILES string of the molecule is O=C(COC(=O)C1=COCCO1)Nc1ccccc1C(F)(F)F. The summed E-state index contributed by atoms with van der Waals surface area (Å²) < 4.78 is 52.8. The van der Waals surface area contributed by atoms with Crippen molar-refractivity contribution in [2.75, 3.05) is 25.1 Å². The molecule has 0 bridgehead atoms. The highest BCUT2D eigenvalue weighted by atomic mass is 19.4. The van der Waals surface area contributed by atoms with Crippen LogP contribution in [-0.4, -0.2) is 31.7 Å². The summed E-state index contributed by atoms with van der Waals surface area (Å²) in [4.78, 5) is 23.2. The van der Waals surface area contributed by atoms with Crippen LogP contribution in [0.1, 0.15) is 5.56 Å². The van der Waals surface area contributed by atoms with Crippen LogP contribution in [0.2, 0.25) is 0 Å². The first-order valence-corrected chi connectivity index (χ1v) is 6.45. The summed E-state index contributed by atoms with van der Waals surface area (Å²) in [6, 6.07) is 4.48. The van der Waals surface area contributed by atoms with E-state index in [1.165, 1.54) is 12.1 Å². The lowest BCUT2D eigenvalue weighted by Crippen LogP contribution is -2.24. The molecule has 0 radical (unpaired) electrons. The Hall–Kier alpha value is -2.71. The number of carbonyl (C=O) groups excluding carboxylic acids is 2. The molecule has 1 aliphatic rings. The molecule has 1 amide bonds. The van der Waals surface area contributed by atoms with E-state index in [0.717, 1.165) is 18.4 Å². The third kappa shape index (κ3) is 4.63. The molecule has 0 saturated carbocycles. The number of ether oxygens (including phenoxy) is 3. The smallest absolute Gasteiger partial charge is 0.418 e. The van der Waals surface area contributed by atoms with E-state index in [2.05, 4.69) is 4.74 Å². The van der Waals surface area contributed by atoms with Crippen molar-refractivity contribution >= 4 is 17.6 Å². The summed E-state index contributed by atoms with van der Waals surface area (Å²) in [5.74, 6) is -2.06. The van der Waals surface area contributed by atoms with Crippen LogP contribution in [-0.2, 0) is 30.0 Å². The van der Waals surface area contributed by atoms with Gasteiger partial charge < -0.3 is 19.5 Å². The lowest BCUT2D eigenvalue weighted by Gasteiger charge is -2.15. The van der Waals surface area contributed by atoms with Gasteiger partial charge in [-0.2, -0.15) is 13.2 Å². The molecule has 1 aliphatic heterocycles. The molecule has 0 aromatic heterocycles. The van der Waals surface area contributed by atoms with Crippen LogP contribution in [0, 0.1) is 0 Å². The van der Waals surface area contributed by atoms with Gasteiger partial charge in [-0.1, -0.05) is 12.1 Å². The number of rotatable bonds is 4. The zero-order chi connectivity index (χ0) is 16.9. The largest absolute Gasteiger partial charge is 0.493 e. The Morgan fingerprint density at radius 1 is 1.22 bits per heavy atom. The number of halogens is 3. The second-order valence-electron chi connectivity index (χ2n) is 4.37. The van der Waals surface area contributed by atoms with Gasteiger partial charge in [0.1, 0.15) is 19.5 Å². The number of para-hydroxylation sites is 1. The molecule has 2 rings (SSSR count). The monoisotopic (exact) mass is 331 g/mol. The molecular formula is C14H12F3NO5.